The van der Waals surface area contributed by atoms with Gasteiger partial charge in [0, 0.05) is 6.07 Å². The minimum absolute atomic E-state index is 0.124. The maximum Gasteiger partial charge on any atom is 0.345 e. The fraction of sp³-hybridized carbons (Fsp3) is 0.167. The van der Waals surface area contributed by atoms with Crippen molar-refractivity contribution in [2.75, 3.05) is 6.61 Å². The third-order valence-corrected chi connectivity index (χ3v) is 2.40. The fourth-order valence-electron chi connectivity index (χ4n) is 1.70. The molecular weight excluding hydrogens is 222 g/mol. The zero-order valence-electron chi connectivity index (χ0n) is 9.21. The maximum atomic E-state index is 11.7. The van der Waals surface area contributed by atoms with E-state index in [0.29, 0.717) is 22.2 Å². The van der Waals surface area contributed by atoms with Gasteiger partial charge in [0.25, 0.3) is 0 Å². The molecule has 88 valence electrons. The van der Waals surface area contributed by atoms with Crippen molar-refractivity contribution in [3.8, 4) is 5.75 Å². The Labute approximate surface area is 97.5 Å². The highest BCUT2D eigenvalue weighted by Gasteiger charge is 2.20. The highest BCUT2D eigenvalue weighted by molar-refractivity contribution is 5.97. The van der Waals surface area contributed by atoms with E-state index in [9.17, 15) is 10.0 Å². The third kappa shape index (κ3) is 1.87. The molecule has 0 atom stereocenters. The van der Waals surface area contributed by atoms with E-state index < -0.39 is 5.97 Å². The summed E-state index contributed by atoms with van der Waals surface area (Å²) in [4.78, 5) is 11.1. The van der Waals surface area contributed by atoms with Crippen molar-refractivity contribution < 1.29 is 19.4 Å². The SMILES string of the molecule is CCOc1c(C(=O)O)c[n+]([O-])c2ccccc12. The van der Waals surface area contributed by atoms with E-state index in [0.717, 1.165) is 6.20 Å². The van der Waals surface area contributed by atoms with Crippen molar-refractivity contribution in [3.05, 3.63) is 41.2 Å². The number of nitrogens with zero attached hydrogens (tertiary/aromatic N) is 1. The molecule has 1 aromatic carbocycles. The Kier molecular flexibility index (Phi) is 2.82. The van der Waals surface area contributed by atoms with Crippen LogP contribution in [-0.4, -0.2) is 17.7 Å². The van der Waals surface area contributed by atoms with Crippen molar-refractivity contribution in [1.82, 2.24) is 0 Å². The fourth-order valence-corrected chi connectivity index (χ4v) is 1.70. The van der Waals surface area contributed by atoms with Gasteiger partial charge in [-0.05, 0) is 13.0 Å². The van der Waals surface area contributed by atoms with Crippen LogP contribution in [0.5, 0.6) is 5.75 Å². The molecule has 0 aliphatic carbocycles. The summed E-state index contributed by atoms with van der Waals surface area (Å²) >= 11 is 0. The number of carbonyl (C=O) groups is 1. The van der Waals surface area contributed by atoms with Crippen LogP contribution in [0.15, 0.2) is 30.5 Å². The van der Waals surface area contributed by atoms with Crippen LogP contribution in [0.3, 0.4) is 0 Å². The molecule has 1 aromatic heterocycles. The molecule has 0 saturated carbocycles. The number of fused-ring (bicyclic) bond motifs is 1. The first-order chi connectivity index (χ1) is 8.15. The summed E-state index contributed by atoms with van der Waals surface area (Å²) in [5.74, 6) is -0.938. The van der Waals surface area contributed by atoms with Gasteiger partial charge in [-0.2, -0.15) is 4.73 Å². The van der Waals surface area contributed by atoms with E-state index in [4.69, 9.17) is 9.84 Å². The molecule has 0 bridgehead atoms. The normalized spacial score (nSPS) is 10.4. The molecule has 0 spiro atoms. The van der Waals surface area contributed by atoms with Crippen molar-refractivity contribution >= 4 is 16.9 Å². The summed E-state index contributed by atoms with van der Waals surface area (Å²) in [5, 5.41) is 21.2. The average Bonchev–Trinajstić information content (AvgIpc) is 2.32. The summed E-state index contributed by atoms with van der Waals surface area (Å²) in [5.41, 5.74) is 0.265. The highest BCUT2D eigenvalue weighted by Crippen LogP contribution is 2.27. The lowest BCUT2D eigenvalue weighted by Crippen LogP contribution is -2.28. The van der Waals surface area contributed by atoms with E-state index in [1.54, 1.807) is 31.2 Å². The molecule has 2 aromatic rings. The molecule has 0 saturated heterocycles. The van der Waals surface area contributed by atoms with E-state index in [2.05, 4.69) is 0 Å². The number of aromatic carboxylic acids is 1. The molecule has 1 N–H and O–H groups in total. The number of aromatic nitrogens is 1. The summed E-state index contributed by atoms with van der Waals surface area (Å²) < 4.78 is 5.88. The van der Waals surface area contributed by atoms with Gasteiger partial charge in [0.1, 0.15) is 0 Å². The average molecular weight is 233 g/mol. The van der Waals surface area contributed by atoms with Crippen LogP contribution in [0, 0.1) is 5.21 Å². The van der Waals surface area contributed by atoms with Gasteiger partial charge in [-0.3, -0.25) is 0 Å². The first kappa shape index (κ1) is 11.2. The first-order valence-electron chi connectivity index (χ1n) is 5.16. The molecule has 17 heavy (non-hydrogen) atoms. The Morgan fingerprint density at radius 1 is 1.47 bits per heavy atom. The van der Waals surface area contributed by atoms with E-state index in [-0.39, 0.29) is 11.3 Å². The second-order valence-corrected chi connectivity index (χ2v) is 3.45. The molecule has 0 aliphatic heterocycles. The van der Waals surface area contributed by atoms with Crippen molar-refractivity contribution in [2.45, 2.75) is 6.92 Å². The zero-order valence-corrected chi connectivity index (χ0v) is 9.21. The summed E-state index contributed by atoms with van der Waals surface area (Å²) in [6, 6.07) is 6.74. The third-order valence-electron chi connectivity index (χ3n) is 2.40. The molecule has 0 fully saturated rings. The molecule has 5 nitrogen and oxygen atoms in total. The Morgan fingerprint density at radius 3 is 2.82 bits per heavy atom. The largest absolute Gasteiger partial charge is 0.618 e. The van der Waals surface area contributed by atoms with Crippen molar-refractivity contribution in [3.63, 3.8) is 0 Å². The molecule has 0 radical (unpaired) electrons. The highest BCUT2D eigenvalue weighted by atomic mass is 16.5. The smallest absolute Gasteiger partial charge is 0.345 e. The van der Waals surface area contributed by atoms with Gasteiger partial charge in [-0.1, -0.05) is 12.1 Å². The Balaban J connectivity index is 2.82. The second kappa shape index (κ2) is 4.29. The van der Waals surface area contributed by atoms with Gasteiger partial charge in [0.2, 0.25) is 5.52 Å². The van der Waals surface area contributed by atoms with Gasteiger partial charge < -0.3 is 15.1 Å². The number of hydrogen-bond acceptors (Lipinski definition) is 3. The quantitative estimate of drug-likeness (QED) is 0.645. The predicted octanol–water partition coefficient (Wildman–Crippen LogP) is 1.57. The number of carboxylic acid groups (broad SMARTS) is 1. The molecule has 2 rings (SSSR count). The summed E-state index contributed by atoms with van der Waals surface area (Å²) in [7, 11) is 0. The van der Waals surface area contributed by atoms with Gasteiger partial charge in [0.05, 0.1) is 12.0 Å². The monoisotopic (exact) mass is 233 g/mol. The van der Waals surface area contributed by atoms with Crippen LogP contribution in [0.1, 0.15) is 17.3 Å². The van der Waals surface area contributed by atoms with Crippen LogP contribution < -0.4 is 9.47 Å². The molecular formula is C12H11NO4. The van der Waals surface area contributed by atoms with Crippen LogP contribution in [0.25, 0.3) is 10.9 Å². The van der Waals surface area contributed by atoms with Crippen LogP contribution in [0.2, 0.25) is 0 Å². The molecule has 0 aliphatic rings. The predicted molar refractivity (Wildman–Crippen MR) is 61.0 cm³/mol. The van der Waals surface area contributed by atoms with Crippen molar-refractivity contribution in [2.24, 2.45) is 0 Å². The van der Waals surface area contributed by atoms with Crippen LogP contribution in [-0.2, 0) is 0 Å². The van der Waals surface area contributed by atoms with Gasteiger partial charge in [-0.15, -0.1) is 0 Å². The lowest BCUT2D eigenvalue weighted by molar-refractivity contribution is -0.577. The number of para-hydroxylation sites is 1. The van der Waals surface area contributed by atoms with Crippen LogP contribution >= 0.6 is 0 Å². The van der Waals surface area contributed by atoms with E-state index in [1.807, 2.05) is 0 Å². The summed E-state index contributed by atoms with van der Waals surface area (Å²) in [6.07, 6.45) is 1.02. The van der Waals surface area contributed by atoms with E-state index >= 15 is 0 Å². The lowest BCUT2D eigenvalue weighted by Gasteiger charge is -2.10. The van der Waals surface area contributed by atoms with Crippen molar-refractivity contribution in [1.29, 1.82) is 0 Å². The molecule has 0 unspecified atom stereocenters. The van der Waals surface area contributed by atoms with Gasteiger partial charge in [0.15, 0.2) is 17.5 Å². The Hall–Kier alpha value is -2.30. The first-order valence-corrected chi connectivity index (χ1v) is 5.16. The number of carboxylic acids is 1. The standard InChI is InChI=1S/C12H11NO4/c1-2-17-11-8-5-3-4-6-10(8)13(16)7-9(11)12(14)15/h3-7H,2H2,1H3,(H,14,15). The minimum atomic E-state index is -1.18. The van der Waals surface area contributed by atoms with Crippen LogP contribution in [0.4, 0.5) is 0 Å². The maximum absolute atomic E-state index is 11.7. The molecule has 5 heteroatoms. The lowest BCUT2D eigenvalue weighted by atomic mass is 10.1. The Morgan fingerprint density at radius 2 is 2.18 bits per heavy atom. The number of rotatable bonds is 3. The number of hydrogen-bond donors (Lipinski definition) is 1. The minimum Gasteiger partial charge on any atom is -0.618 e. The number of ether oxygens (including phenoxy) is 1. The Bertz CT molecular complexity index is 580. The van der Waals surface area contributed by atoms with Gasteiger partial charge >= 0.3 is 5.97 Å². The molecule has 0 amide bonds. The summed E-state index contributed by atoms with van der Waals surface area (Å²) in [6.45, 7) is 2.10. The topological polar surface area (TPSA) is 73.5 Å². The number of benzene rings is 1. The van der Waals surface area contributed by atoms with E-state index in [1.165, 1.54) is 0 Å². The van der Waals surface area contributed by atoms with Gasteiger partial charge in [-0.25, -0.2) is 4.79 Å². The zero-order chi connectivity index (χ0) is 12.4. The second-order valence-electron chi connectivity index (χ2n) is 3.45. The molecule has 1 heterocycles. The number of pyridine rings is 1.